The number of amides is 1. The molecule has 5 heteroatoms. The first kappa shape index (κ1) is 16.5. The van der Waals surface area contributed by atoms with Crippen molar-refractivity contribution in [2.45, 2.75) is 13.0 Å². The van der Waals surface area contributed by atoms with Gasteiger partial charge in [-0.25, -0.2) is 0 Å². The van der Waals surface area contributed by atoms with Crippen molar-refractivity contribution >= 4 is 11.6 Å². The number of hydrogen-bond donors (Lipinski definition) is 1. The molecule has 1 aliphatic heterocycles. The van der Waals surface area contributed by atoms with Crippen LogP contribution in [0.1, 0.15) is 6.92 Å². The highest BCUT2D eigenvalue weighted by Crippen LogP contribution is 2.29. The minimum Gasteiger partial charge on any atom is -0.455 e. The number of morpholine rings is 1. The van der Waals surface area contributed by atoms with Crippen molar-refractivity contribution in [3.63, 3.8) is 0 Å². The molecule has 126 valence electrons. The van der Waals surface area contributed by atoms with Crippen molar-refractivity contribution in [2.75, 3.05) is 31.6 Å². The van der Waals surface area contributed by atoms with Crippen LogP contribution in [0.2, 0.25) is 0 Å². The van der Waals surface area contributed by atoms with E-state index in [-0.39, 0.29) is 12.0 Å². The predicted octanol–water partition coefficient (Wildman–Crippen LogP) is 3.14. The number of benzene rings is 2. The first-order valence-corrected chi connectivity index (χ1v) is 8.16. The van der Waals surface area contributed by atoms with Crippen LogP contribution < -0.4 is 10.1 Å². The fourth-order valence-electron chi connectivity index (χ4n) is 2.70. The van der Waals surface area contributed by atoms with Crippen LogP contribution in [0.15, 0.2) is 54.6 Å². The lowest BCUT2D eigenvalue weighted by molar-refractivity contribution is -0.119. The van der Waals surface area contributed by atoms with Gasteiger partial charge < -0.3 is 14.8 Å². The predicted molar refractivity (Wildman–Crippen MR) is 93.4 cm³/mol. The van der Waals surface area contributed by atoms with E-state index in [9.17, 15) is 4.79 Å². The van der Waals surface area contributed by atoms with Crippen LogP contribution in [0.25, 0.3) is 0 Å². The molecule has 2 aromatic rings. The Morgan fingerprint density at radius 3 is 2.75 bits per heavy atom. The molecule has 1 aliphatic rings. The number of nitrogens with zero attached hydrogens (tertiary/aromatic N) is 1. The van der Waals surface area contributed by atoms with Crippen LogP contribution >= 0.6 is 0 Å². The molecule has 0 aromatic heterocycles. The molecule has 3 rings (SSSR count). The average molecular weight is 326 g/mol. The number of para-hydroxylation sites is 3. The normalized spacial score (nSPS) is 18.1. The summed E-state index contributed by atoms with van der Waals surface area (Å²) in [4.78, 5) is 14.4. The molecule has 0 radical (unpaired) electrons. The van der Waals surface area contributed by atoms with E-state index in [1.165, 1.54) is 0 Å². The van der Waals surface area contributed by atoms with Gasteiger partial charge in [0.15, 0.2) is 5.75 Å². The Labute approximate surface area is 142 Å². The zero-order chi connectivity index (χ0) is 16.8. The second kappa shape index (κ2) is 7.95. The van der Waals surface area contributed by atoms with E-state index in [1.54, 1.807) is 0 Å². The highest BCUT2D eigenvalue weighted by atomic mass is 16.5. The maximum absolute atomic E-state index is 12.3. The first-order chi connectivity index (χ1) is 11.7. The molecule has 1 unspecified atom stereocenters. The van der Waals surface area contributed by atoms with E-state index in [1.807, 2.05) is 61.5 Å². The molecule has 1 fully saturated rings. The third-order valence-electron chi connectivity index (χ3n) is 3.82. The molecule has 1 atom stereocenters. The van der Waals surface area contributed by atoms with Gasteiger partial charge >= 0.3 is 0 Å². The summed E-state index contributed by atoms with van der Waals surface area (Å²) in [6.45, 7) is 4.60. The van der Waals surface area contributed by atoms with E-state index in [0.717, 1.165) is 18.8 Å². The minimum absolute atomic E-state index is 0.0480. The lowest BCUT2D eigenvalue weighted by atomic mass is 10.2. The minimum atomic E-state index is -0.0480. The van der Waals surface area contributed by atoms with Crippen molar-refractivity contribution in [2.24, 2.45) is 0 Å². The summed E-state index contributed by atoms with van der Waals surface area (Å²) in [6.07, 6.45) is 0.167. The molecule has 1 N–H and O–H groups in total. The quantitative estimate of drug-likeness (QED) is 0.917. The van der Waals surface area contributed by atoms with Gasteiger partial charge in [-0.3, -0.25) is 9.69 Å². The average Bonchev–Trinajstić information content (AvgIpc) is 2.57. The van der Waals surface area contributed by atoms with Crippen LogP contribution in [0.3, 0.4) is 0 Å². The second-order valence-electron chi connectivity index (χ2n) is 5.88. The Morgan fingerprint density at radius 2 is 1.96 bits per heavy atom. The van der Waals surface area contributed by atoms with Gasteiger partial charge in [-0.1, -0.05) is 30.3 Å². The summed E-state index contributed by atoms with van der Waals surface area (Å²) < 4.78 is 11.4. The van der Waals surface area contributed by atoms with Gasteiger partial charge in [-0.05, 0) is 31.2 Å². The van der Waals surface area contributed by atoms with Crippen molar-refractivity contribution in [1.29, 1.82) is 0 Å². The second-order valence-corrected chi connectivity index (χ2v) is 5.88. The fraction of sp³-hybridized carbons (Fsp3) is 0.316. The monoisotopic (exact) mass is 326 g/mol. The smallest absolute Gasteiger partial charge is 0.238 e. The Morgan fingerprint density at radius 1 is 1.21 bits per heavy atom. The molecule has 1 heterocycles. The van der Waals surface area contributed by atoms with Crippen LogP contribution in [0.4, 0.5) is 5.69 Å². The van der Waals surface area contributed by atoms with Crippen molar-refractivity contribution in [3.8, 4) is 11.5 Å². The number of ether oxygens (including phenoxy) is 2. The van der Waals surface area contributed by atoms with E-state index in [0.29, 0.717) is 24.6 Å². The molecule has 0 spiro atoms. The highest BCUT2D eigenvalue weighted by Gasteiger charge is 2.19. The maximum Gasteiger partial charge on any atom is 0.238 e. The summed E-state index contributed by atoms with van der Waals surface area (Å²) in [5.74, 6) is 1.32. The van der Waals surface area contributed by atoms with Gasteiger partial charge in [0.05, 0.1) is 24.9 Å². The van der Waals surface area contributed by atoms with Crippen LogP contribution in [0, 0.1) is 0 Å². The van der Waals surface area contributed by atoms with E-state index < -0.39 is 0 Å². The summed E-state index contributed by atoms with van der Waals surface area (Å²) in [5.41, 5.74) is 0.674. The zero-order valence-electron chi connectivity index (χ0n) is 13.8. The standard InChI is InChI=1S/C19H22N2O3/c1-15-13-21(11-12-23-15)14-19(22)20-17-9-5-6-10-18(17)24-16-7-3-2-4-8-16/h2-10,15H,11-14H2,1H3,(H,20,22). The topological polar surface area (TPSA) is 50.8 Å². The fourth-order valence-corrected chi connectivity index (χ4v) is 2.70. The third-order valence-corrected chi connectivity index (χ3v) is 3.82. The molecule has 2 aromatic carbocycles. The lowest BCUT2D eigenvalue weighted by Gasteiger charge is -2.30. The number of hydrogen-bond acceptors (Lipinski definition) is 4. The number of rotatable bonds is 5. The van der Waals surface area contributed by atoms with Crippen LogP contribution in [-0.4, -0.2) is 43.2 Å². The van der Waals surface area contributed by atoms with Crippen molar-refractivity contribution < 1.29 is 14.3 Å². The molecule has 1 saturated heterocycles. The highest BCUT2D eigenvalue weighted by molar-refractivity contribution is 5.93. The molecule has 0 bridgehead atoms. The number of anilines is 1. The van der Waals surface area contributed by atoms with E-state index >= 15 is 0 Å². The SMILES string of the molecule is CC1CN(CC(=O)Nc2ccccc2Oc2ccccc2)CCO1. The van der Waals surface area contributed by atoms with E-state index in [4.69, 9.17) is 9.47 Å². The van der Waals surface area contributed by atoms with Gasteiger partial charge in [0.25, 0.3) is 0 Å². The summed E-state index contributed by atoms with van der Waals surface area (Å²) in [5, 5.41) is 2.95. The molecule has 0 saturated carbocycles. The third kappa shape index (κ3) is 4.57. The van der Waals surface area contributed by atoms with Crippen LogP contribution in [-0.2, 0) is 9.53 Å². The molecule has 24 heavy (non-hydrogen) atoms. The molecule has 0 aliphatic carbocycles. The van der Waals surface area contributed by atoms with Gasteiger partial charge in [-0.15, -0.1) is 0 Å². The van der Waals surface area contributed by atoms with Crippen molar-refractivity contribution in [1.82, 2.24) is 4.90 Å². The van der Waals surface area contributed by atoms with Gasteiger partial charge in [0, 0.05) is 13.1 Å². The lowest BCUT2D eigenvalue weighted by Crippen LogP contribution is -2.44. The van der Waals surface area contributed by atoms with Gasteiger partial charge in [0.1, 0.15) is 5.75 Å². The van der Waals surface area contributed by atoms with E-state index in [2.05, 4.69) is 10.2 Å². The molecule has 1 amide bonds. The Balaban J connectivity index is 1.63. The van der Waals surface area contributed by atoms with Crippen molar-refractivity contribution in [3.05, 3.63) is 54.6 Å². The Hall–Kier alpha value is -2.37. The number of nitrogens with one attached hydrogen (secondary N) is 1. The summed E-state index contributed by atoms with van der Waals surface area (Å²) >= 11 is 0. The number of carbonyl (C=O) groups is 1. The van der Waals surface area contributed by atoms with Crippen LogP contribution in [0.5, 0.6) is 11.5 Å². The largest absolute Gasteiger partial charge is 0.455 e. The maximum atomic E-state index is 12.3. The molecular formula is C19H22N2O3. The zero-order valence-corrected chi connectivity index (χ0v) is 13.8. The first-order valence-electron chi connectivity index (χ1n) is 8.16. The number of carbonyl (C=O) groups excluding carboxylic acids is 1. The Bertz CT molecular complexity index is 675. The van der Waals surface area contributed by atoms with Gasteiger partial charge in [-0.2, -0.15) is 0 Å². The molecular weight excluding hydrogens is 304 g/mol. The van der Waals surface area contributed by atoms with Gasteiger partial charge in [0.2, 0.25) is 5.91 Å². The Kier molecular flexibility index (Phi) is 5.46. The molecule has 5 nitrogen and oxygen atoms in total. The summed E-state index contributed by atoms with van der Waals surface area (Å²) in [7, 11) is 0. The summed E-state index contributed by atoms with van der Waals surface area (Å²) in [6, 6.07) is 17.0.